The standard InChI is InChI=1S/C19H24ClN3O4/c1-12-9-23(18(24)27-19(2,3)4)10-13(26-12)11-25-17-14-6-5-7-21-15(14)8-16(20)22-17/h5-8,12-13H,9-11H2,1-4H3/t12-,13+/m1/s1. The molecule has 3 heterocycles. The fourth-order valence-electron chi connectivity index (χ4n) is 2.91. The van der Waals surface area contributed by atoms with Crippen LogP contribution in [0.1, 0.15) is 27.7 Å². The normalized spacial score (nSPS) is 20.6. The van der Waals surface area contributed by atoms with Crippen molar-refractivity contribution in [1.82, 2.24) is 14.9 Å². The Hall–Kier alpha value is -2.12. The molecule has 3 rings (SSSR count). The number of aromatic nitrogens is 2. The molecule has 8 heteroatoms. The predicted octanol–water partition coefficient (Wildman–Crippen LogP) is 3.69. The van der Waals surface area contributed by atoms with Crippen LogP contribution >= 0.6 is 11.6 Å². The first-order chi connectivity index (χ1) is 12.7. The number of ether oxygens (including phenoxy) is 3. The van der Waals surface area contributed by atoms with Crippen LogP contribution in [-0.4, -0.2) is 58.5 Å². The molecular formula is C19H24ClN3O4. The molecule has 7 nitrogen and oxygen atoms in total. The Labute approximate surface area is 163 Å². The van der Waals surface area contributed by atoms with Gasteiger partial charge in [0, 0.05) is 12.3 Å². The molecule has 0 N–H and O–H groups in total. The highest BCUT2D eigenvalue weighted by molar-refractivity contribution is 6.30. The van der Waals surface area contributed by atoms with E-state index in [1.54, 1.807) is 17.2 Å². The first-order valence-electron chi connectivity index (χ1n) is 8.89. The van der Waals surface area contributed by atoms with Gasteiger partial charge in [0.25, 0.3) is 0 Å². The van der Waals surface area contributed by atoms with Crippen LogP contribution in [0.2, 0.25) is 5.15 Å². The van der Waals surface area contributed by atoms with E-state index in [0.717, 1.165) is 5.39 Å². The number of pyridine rings is 2. The highest BCUT2D eigenvalue weighted by Crippen LogP contribution is 2.25. The molecule has 0 spiro atoms. The van der Waals surface area contributed by atoms with E-state index in [-0.39, 0.29) is 24.9 Å². The Morgan fingerprint density at radius 2 is 2.19 bits per heavy atom. The van der Waals surface area contributed by atoms with Crippen LogP contribution in [-0.2, 0) is 9.47 Å². The molecule has 1 fully saturated rings. The molecule has 1 aliphatic rings. The maximum atomic E-state index is 12.4. The van der Waals surface area contributed by atoms with E-state index in [9.17, 15) is 4.79 Å². The summed E-state index contributed by atoms with van der Waals surface area (Å²) in [4.78, 5) is 22.5. The SMILES string of the molecule is C[C@@H]1CN(C(=O)OC(C)(C)C)C[C@@H](COc2nc(Cl)cc3ncccc23)O1. The molecule has 2 aromatic rings. The molecule has 146 valence electrons. The summed E-state index contributed by atoms with van der Waals surface area (Å²) in [6.07, 6.45) is 0.921. The fraction of sp³-hybridized carbons (Fsp3) is 0.526. The van der Waals surface area contributed by atoms with Gasteiger partial charge in [-0.15, -0.1) is 0 Å². The Morgan fingerprint density at radius 1 is 1.41 bits per heavy atom. The highest BCUT2D eigenvalue weighted by Gasteiger charge is 2.31. The average molecular weight is 394 g/mol. The molecule has 0 aliphatic carbocycles. The van der Waals surface area contributed by atoms with Crippen molar-refractivity contribution in [3.63, 3.8) is 0 Å². The van der Waals surface area contributed by atoms with Crippen LogP contribution in [0.3, 0.4) is 0 Å². The number of morpholine rings is 1. The molecule has 1 saturated heterocycles. The summed E-state index contributed by atoms with van der Waals surface area (Å²) in [7, 11) is 0. The fourth-order valence-corrected chi connectivity index (χ4v) is 3.09. The van der Waals surface area contributed by atoms with Gasteiger partial charge in [0.15, 0.2) is 0 Å². The van der Waals surface area contributed by atoms with Crippen molar-refractivity contribution in [3.05, 3.63) is 29.5 Å². The van der Waals surface area contributed by atoms with Crippen LogP contribution in [0.25, 0.3) is 10.9 Å². The minimum atomic E-state index is -0.540. The van der Waals surface area contributed by atoms with E-state index in [0.29, 0.717) is 29.6 Å². The highest BCUT2D eigenvalue weighted by atomic mass is 35.5. The maximum Gasteiger partial charge on any atom is 0.410 e. The van der Waals surface area contributed by atoms with Crippen molar-refractivity contribution in [2.24, 2.45) is 0 Å². The largest absolute Gasteiger partial charge is 0.474 e. The molecule has 1 aliphatic heterocycles. The van der Waals surface area contributed by atoms with Crippen molar-refractivity contribution in [1.29, 1.82) is 0 Å². The second kappa shape index (κ2) is 7.86. The molecule has 27 heavy (non-hydrogen) atoms. The summed E-state index contributed by atoms with van der Waals surface area (Å²) in [6.45, 7) is 8.56. The summed E-state index contributed by atoms with van der Waals surface area (Å²) in [5, 5.41) is 1.08. The van der Waals surface area contributed by atoms with Gasteiger partial charge < -0.3 is 19.1 Å². The number of carbonyl (C=O) groups excluding carboxylic acids is 1. The van der Waals surface area contributed by atoms with E-state index in [1.807, 2.05) is 39.8 Å². The first-order valence-corrected chi connectivity index (χ1v) is 9.26. The second-order valence-electron chi connectivity index (χ2n) is 7.59. The smallest absolute Gasteiger partial charge is 0.410 e. The number of rotatable bonds is 3. The number of carbonyl (C=O) groups is 1. The number of amides is 1. The first kappa shape index (κ1) is 19.6. The Morgan fingerprint density at radius 3 is 2.93 bits per heavy atom. The zero-order valence-electron chi connectivity index (χ0n) is 15.9. The average Bonchev–Trinajstić information content (AvgIpc) is 2.57. The van der Waals surface area contributed by atoms with E-state index >= 15 is 0 Å². The molecular weight excluding hydrogens is 370 g/mol. The van der Waals surface area contributed by atoms with Gasteiger partial charge in [-0.2, -0.15) is 0 Å². The van der Waals surface area contributed by atoms with Crippen molar-refractivity contribution < 1.29 is 19.0 Å². The Kier molecular flexibility index (Phi) is 5.72. The minimum absolute atomic E-state index is 0.120. The van der Waals surface area contributed by atoms with Gasteiger partial charge in [-0.3, -0.25) is 4.98 Å². The molecule has 0 saturated carbocycles. The van der Waals surface area contributed by atoms with Crippen LogP contribution in [0.5, 0.6) is 5.88 Å². The second-order valence-corrected chi connectivity index (χ2v) is 7.97. The molecule has 0 unspecified atom stereocenters. The van der Waals surface area contributed by atoms with Gasteiger partial charge in [-0.1, -0.05) is 11.6 Å². The molecule has 0 bridgehead atoms. The molecule has 2 aromatic heterocycles. The van der Waals surface area contributed by atoms with Gasteiger partial charge >= 0.3 is 6.09 Å². The molecule has 0 radical (unpaired) electrons. The number of fused-ring (bicyclic) bond motifs is 1. The third kappa shape index (κ3) is 5.20. The summed E-state index contributed by atoms with van der Waals surface area (Å²) >= 11 is 6.06. The maximum absolute atomic E-state index is 12.4. The van der Waals surface area contributed by atoms with Crippen molar-refractivity contribution in [2.45, 2.75) is 45.5 Å². The molecule has 2 atom stereocenters. The minimum Gasteiger partial charge on any atom is -0.474 e. The summed E-state index contributed by atoms with van der Waals surface area (Å²) < 4.78 is 17.3. The lowest BCUT2D eigenvalue weighted by atomic mass is 10.2. The van der Waals surface area contributed by atoms with Crippen molar-refractivity contribution in [3.8, 4) is 5.88 Å². The van der Waals surface area contributed by atoms with Gasteiger partial charge in [0.2, 0.25) is 5.88 Å². The lowest BCUT2D eigenvalue weighted by molar-refractivity contribution is -0.0925. The third-order valence-corrected chi connectivity index (χ3v) is 4.11. The number of hydrogen-bond acceptors (Lipinski definition) is 6. The number of nitrogens with zero attached hydrogens (tertiary/aromatic N) is 3. The summed E-state index contributed by atoms with van der Waals surface area (Å²) in [6, 6.07) is 5.37. The van der Waals surface area contributed by atoms with E-state index in [2.05, 4.69) is 9.97 Å². The van der Waals surface area contributed by atoms with Crippen LogP contribution in [0.15, 0.2) is 24.4 Å². The van der Waals surface area contributed by atoms with Gasteiger partial charge in [-0.25, -0.2) is 9.78 Å². The van der Waals surface area contributed by atoms with E-state index < -0.39 is 5.60 Å². The Balaban J connectivity index is 1.68. The van der Waals surface area contributed by atoms with Gasteiger partial charge in [0.05, 0.1) is 30.1 Å². The third-order valence-electron chi connectivity index (χ3n) is 3.92. The van der Waals surface area contributed by atoms with E-state index in [1.165, 1.54) is 0 Å². The van der Waals surface area contributed by atoms with Crippen LogP contribution in [0, 0.1) is 0 Å². The summed E-state index contributed by atoms with van der Waals surface area (Å²) in [5.41, 5.74) is 0.169. The number of hydrogen-bond donors (Lipinski definition) is 0. The molecule has 1 amide bonds. The predicted molar refractivity (Wildman–Crippen MR) is 102 cm³/mol. The zero-order chi connectivity index (χ0) is 19.6. The lowest BCUT2D eigenvalue weighted by Gasteiger charge is -2.37. The summed E-state index contributed by atoms with van der Waals surface area (Å²) in [5.74, 6) is 0.399. The number of halogens is 1. The van der Waals surface area contributed by atoms with E-state index in [4.69, 9.17) is 25.8 Å². The zero-order valence-corrected chi connectivity index (χ0v) is 16.7. The van der Waals surface area contributed by atoms with Gasteiger partial charge in [-0.05, 0) is 39.8 Å². The van der Waals surface area contributed by atoms with Crippen LogP contribution < -0.4 is 4.74 Å². The van der Waals surface area contributed by atoms with Crippen LogP contribution in [0.4, 0.5) is 4.79 Å². The molecule has 0 aromatic carbocycles. The monoisotopic (exact) mass is 393 g/mol. The van der Waals surface area contributed by atoms with Gasteiger partial charge in [0.1, 0.15) is 23.5 Å². The lowest BCUT2D eigenvalue weighted by Crippen LogP contribution is -2.52. The topological polar surface area (TPSA) is 73.8 Å². The Bertz CT molecular complexity index is 824. The quantitative estimate of drug-likeness (QED) is 0.740. The van der Waals surface area contributed by atoms with Crippen molar-refractivity contribution >= 4 is 28.6 Å². The van der Waals surface area contributed by atoms with Crippen molar-refractivity contribution in [2.75, 3.05) is 19.7 Å².